The molecule has 1 aromatic heterocycles. The highest BCUT2D eigenvalue weighted by atomic mass is 16.1. The number of carbonyl (C=O) groups is 1. The monoisotopic (exact) mass is 274 g/mol. The largest absolute Gasteiger partial charge is 0.355 e. The molecular weight excluding hydrogens is 252 g/mol. The Morgan fingerprint density at radius 1 is 1.05 bits per heavy atom. The van der Waals surface area contributed by atoms with Gasteiger partial charge in [-0.1, -0.05) is 19.3 Å². The van der Waals surface area contributed by atoms with Gasteiger partial charge in [0, 0.05) is 19.0 Å². The minimum absolute atomic E-state index is 0.105. The van der Waals surface area contributed by atoms with Gasteiger partial charge in [-0.3, -0.25) is 4.79 Å². The Morgan fingerprint density at radius 3 is 2.45 bits per heavy atom. The molecule has 0 aromatic carbocycles. The normalized spacial score (nSPS) is 20.1. The third-order valence-electron chi connectivity index (χ3n) is 4.31. The van der Waals surface area contributed by atoms with E-state index in [1.165, 1.54) is 19.3 Å². The second-order valence-electron chi connectivity index (χ2n) is 5.80. The summed E-state index contributed by atoms with van der Waals surface area (Å²) in [5.41, 5.74) is 0. The molecule has 20 heavy (non-hydrogen) atoms. The zero-order valence-electron chi connectivity index (χ0n) is 11.8. The van der Waals surface area contributed by atoms with E-state index in [1.807, 2.05) is 12.1 Å². The van der Waals surface area contributed by atoms with E-state index in [4.69, 9.17) is 0 Å². The van der Waals surface area contributed by atoms with Gasteiger partial charge in [-0.25, -0.2) is 0 Å². The van der Waals surface area contributed by atoms with Crippen molar-refractivity contribution in [1.82, 2.24) is 10.2 Å². The predicted molar refractivity (Wildman–Crippen MR) is 78.7 cm³/mol. The van der Waals surface area contributed by atoms with Crippen LogP contribution in [0.1, 0.15) is 44.9 Å². The second kappa shape index (κ2) is 6.20. The molecule has 0 spiro atoms. The first-order valence-electron chi connectivity index (χ1n) is 7.72. The van der Waals surface area contributed by atoms with Gasteiger partial charge < -0.3 is 10.2 Å². The lowest BCUT2D eigenvalue weighted by Gasteiger charge is -2.20. The minimum atomic E-state index is 0.105. The number of anilines is 2. The molecule has 1 aromatic rings. The van der Waals surface area contributed by atoms with E-state index < -0.39 is 0 Å². The van der Waals surface area contributed by atoms with Gasteiger partial charge in [0.25, 0.3) is 0 Å². The van der Waals surface area contributed by atoms with Crippen LogP contribution in [0.2, 0.25) is 0 Å². The van der Waals surface area contributed by atoms with Gasteiger partial charge in [0.05, 0.1) is 0 Å². The average Bonchev–Trinajstić information content (AvgIpc) is 3.03. The summed E-state index contributed by atoms with van der Waals surface area (Å²) < 4.78 is 0. The lowest BCUT2D eigenvalue weighted by molar-refractivity contribution is -0.120. The number of hydrogen-bond donors (Lipinski definition) is 1. The van der Waals surface area contributed by atoms with Crippen LogP contribution in [0.3, 0.4) is 0 Å². The average molecular weight is 274 g/mol. The smallest absolute Gasteiger partial charge is 0.228 e. The Morgan fingerprint density at radius 2 is 1.80 bits per heavy atom. The molecule has 0 radical (unpaired) electrons. The molecule has 1 aliphatic heterocycles. The summed E-state index contributed by atoms with van der Waals surface area (Å²) in [7, 11) is 0. The molecule has 108 valence electrons. The van der Waals surface area contributed by atoms with Crippen LogP contribution in [0.25, 0.3) is 0 Å². The summed E-state index contributed by atoms with van der Waals surface area (Å²) in [6, 6.07) is 3.82. The molecule has 5 heteroatoms. The molecule has 5 nitrogen and oxygen atoms in total. The van der Waals surface area contributed by atoms with Crippen molar-refractivity contribution in [3.63, 3.8) is 0 Å². The van der Waals surface area contributed by atoms with Gasteiger partial charge in [-0.05, 0) is 37.8 Å². The Hall–Kier alpha value is -1.65. The third-order valence-corrected chi connectivity index (χ3v) is 4.31. The van der Waals surface area contributed by atoms with Crippen LogP contribution < -0.4 is 10.2 Å². The fraction of sp³-hybridized carbons (Fsp3) is 0.667. The molecule has 2 aliphatic rings. The van der Waals surface area contributed by atoms with Crippen LogP contribution in [-0.2, 0) is 4.79 Å². The number of rotatable bonds is 3. The van der Waals surface area contributed by atoms with E-state index in [9.17, 15) is 4.79 Å². The predicted octanol–water partition coefficient (Wildman–Crippen LogP) is 2.60. The third kappa shape index (κ3) is 3.08. The fourth-order valence-corrected chi connectivity index (χ4v) is 3.10. The maximum absolute atomic E-state index is 12.1. The lowest BCUT2D eigenvalue weighted by Crippen LogP contribution is -2.25. The van der Waals surface area contributed by atoms with Crippen LogP contribution >= 0.6 is 0 Å². The molecule has 1 saturated carbocycles. The second-order valence-corrected chi connectivity index (χ2v) is 5.80. The van der Waals surface area contributed by atoms with Crippen LogP contribution in [-0.4, -0.2) is 29.2 Å². The van der Waals surface area contributed by atoms with Crippen LogP contribution in [0.15, 0.2) is 12.1 Å². The van der Waals surface area contributed by atoms with Crippen molar-refractivity contribution < 1.29 is 4.79 Å². The van der Waals surface area contributed by atoms with Crippen LogP contribution in [0.4, 0.5) is 11.6 Å². The highest BCUT2D eigenvalue weighted by molar-refractivity contribution is 5.91. The summed E-state index contributed by atoms with van der Waals surface area (Å²) in [5.74, 6) is 1.75. The molecule has 2 heterocycles. The molecular formula is C15H22N4O. The Kier molecular flexibility index (Phi) is 4.14. The molecule has 2 fully saturated rings. The van der Waals surface area contributed by atoms with E-state index in [0.29, 0.717) is 5.82 Å². The first-order valence-corrected chi connectivity index (χ1v) is 7.72. The van der Waals surface area contributed by atoms with Crippen molar-refractivity contribution in [2.24, 2.45) is 5.92 Å². The summed E-state index contributed by atoms with van der Waals surface area (Å²) in [6.07, 6.45) is 8.05. The van der Waals surface area contributed by atoms with E-state index >= 15 is 0 Å². The molecule has 0 unspecified atom stereocenters. The SMILES string of the molecule is O=C(Nc1ccc(N2CCCC2)nn1)C1CCCCC1. The van der Waals surface area contributed by atoms with E-state index in [1.54, 1.807) is 0 Å². The Balaban J connectivity index is 1.58. The highest BCUT2D eigenvalue weighted by Gasteiger charge is 2.21. The quantitative estimate of drug-likeness (QED) is 0.920. The number of aromatic nitrogens is 2. The standard InChI is InChI=1S/C15H22N4O/c20-15(12-6-2-1-3-7-12)16-13-8-9-14(18-17-13)19-10-4-5-11-19/h8-9,12H,1-7,10-11H2,(H,16,17,20). The fourth-order valence-electron chi connectivity index (χ4n) is 3.10. The van der Waals surface area contributed by atoms with Gasteiger partial charge in [0.15, 0.2) is 11.6 Å². The molecule has 0 atom stereocenters. The zero-order valence-corrected chi connectivity index (χ0v) is 11.8. The maximum Gasteiger partial charge on any atom is 0.228 e. The zero-order chi connectivity index (χ0) is 13.8. The lowest BCUT2D eigenvalue weighted by atomic mass is 9.89. The number of amides is 1. The van der Waals surface area contributed by atoms with Gasteiger partial charge in [0.2, 0.25) is 5.91 Å². The maximum atomic E-state index is 12.1. The van der Waals surface area contributed by atoms with E-state index in [0.717, 1.165) is 44.6 Å². The molecule has 0 bridgehead atoms. The first-order chi connectivity index (χ1) is 9.83. The minimum Gasteiger partial charge on any atom is -0.355 e. The summed E-state index contributed by atoms with van der Waals surface area (Å²) in [5, 5.41) is 11.3. The number of hydrogen-bond acceptors (Lipinski definition) is 4. The molecule has 1 aliphatic carbocycles. The van der Waals surface area contributed by atoms with Gasteiger partial charge in [-0.2, -0.15) is 0 Å². The van der Waals surface area contributed by atoms with Crippen LogP contribution in [0.5, 0.6) is 0 Å². The number of nitrogens with one attached hydrogen (secondary N) is 1. The van der Waals surface area contributed by atoms with Gasteiger partial charge in [-0.15, -0.1) is 10.2 Å². The molecule has 3 rings (SSSR count). The van der Waals surface area contributed by atoms with Gasteiger partial charge in [0.1, 0.15) is 0 Å². The topological polar surface area (TPSA) is 58.1 Å². The Labute approximate surface area is 119 Å². The summed E-state index contributed by atoms with van der Waals surface area (Å²) in [6.45, 7) is 2.12. The van der Waals surface area contributed by atoms with Crippen LogP contribution in [0, 0.1) is 5.92 Å². The van der Waals surface area contributed by atoms with E-state index in [2.05, 4.69) is 20.4 Å². The first kappa shape index (κ1) is 13.3. The summed E-state index contributed by atoms with van der Waals surface area (Å²) in [4.78, 5) is 14.4. The van der Waals surface area contributed by atoms with Crippen molar-refractivity contribution in [2.75, 3.05) is 23.3 Å². The molecule has 1 saturated heterocycles. The van der Waals surface area contributed by atoms with Gasteiger partial charge >= 0.3 is 0 Å². The highest BCUT2D eigenvalue weighted by Crippen LogP contribution is 2.25. The van der Waals surface area contributed by atoms with Crippen molar-refractivity contribution in [3.8, 4) is 0 Å². The Bertz CT molecular complexity index is 447. The summed E-state index contributed by atoms with van der Waals surface area (Å²) >= 11 is 0. The van der Waals surface area contributed by atoms with Crippen molar-refractivity contribution in [2.45, 2.75) is 44.9 Å². The van der Waals surface area contributed by atoms with Crippen molar-refractivity contribution in [3.05, 3.63) is 12.1 Å². The van der Waals surface area contributed by atoms with Crippen molar-refractivity contribution in [1.29, 1.82) is 0 Å². The number of nitrogens with zero attached hydrogens (tertiary/aromatic N) is 3. The van der Waals surface area contributed by atoms with Crippen molar-refractivity contribution >= 4 is 17.5 Å². The number of carbonyl (C=O) groups excluding carboxylic acids is 1. The van der Waals surface area contributed by atoms with E-state index in [-0.39, 0.29) is 11.8 Å². The molecule has 1 amide bonds. The molecule has 1 N–H and O–H groups in total.